The molecule has 2 atom stereocenters. The second-order valence-electron chi connectivity index (χ2n) is 6.37. The molecule has 2 aliphatic carbocycles. The first-order valence-corrected chi connectivity index (χ1v) is 7.68. The topological polar surface area (TPSA) is 55.6 Å². The minimum atomic E-state index is -0.556. The van der Waals surface area contributed by atoms with Crippen molar-refractivity contribution in [2.24, 2.45) is 17.1 Å². The van der Waals surface area contributed by atoms with Crippen LogP contribution >= 0.6 is 12.2 Å². The van der Waals surface area contributed by atoms with E-state index in [1.165, 1.54) is 0 Å². The molecule has 3 fully saturated rings. The molecule has 0 aromatic heterocycles. The summed E-state index contributed by atoms with van der Waals surface area (Å²) in [7, 11) is 0. The molecule has 2 N–H and O–H groups in total. The molecule has 0 spiro atoms. The zero-order chi connectivity index (χ0) is 13.6. The van der Waals surface area contributed by atoms with E-state index in [1.54, 1.807) is 0 Å². The molecule has 4 nitrogen and oxygen atoms in total. The van der Waals surface area contributed by atoms with E-state index in [4.69, 9.17) is 22.7 Å². The molecule has 3 rings (SSSR count). The van der Waals surface area contributed by atoms with Crippen molar-refractivity contribution in [3.8, 4) is 0 Å². The molecule has 0 radical (unpaired) electrons. The summed E-state index contributed by atoms with van der Waals surface area (Å²) in [5.41, 5.74) is 5.34. The number of amides is 1. The Morgan fingerprint density at radius 3 is 2.79 bits per heavy atom. The van der Waals surface area contributed by atoms with E-state index in [0.29, 0.717) is 24.1 Å². The first-order chi connectivity index (χ1) is 9.04. The molecule has 1 amide bonds. The van der Waals surface area contributed by atoms with Crippen LogP contribution in [0.5, 0.6) is 0 Å². The van der Waals surface area contributed by atoms with Crippen molar-refractivity contribution in [2.75, 3.05) is 13.2 Å². The number of hydrogen-bond acceptors (Lipinski definition) is 3. The van der Waals surface area contributed by atoms with Gasteiger partial charge in [0.15, 0.2) is 0 Å². The monoisotopic (exact) mass is 282 g/mol. The largest absolute Gasteiger partial charge is 0.392 e. The molecule has 2 saturated carbocycles. The van der Waals surface area contributed by atoms with E-state index in [2.05, 4.69) is 6.92 Å². The van der Waals surface area contributed by atoms with Crippen LogP contribution in [-0.2, 0) is 9.53 Å². The van der Waals surface area contributed by atoms with Crippen LogP contribution in [0.3, 0.4) is 0 Å². The number of rotatable bonds is 2. The number of thiocarbonyl (C=S) groups is 1. The minimum absolute atomic E-state index is 0.165. The standard InChI is InChI=1S/C14H22N2O2S/c1-9-7-14(8-9,12(15)19)13(17)16-5-6-18-11-4-2-3-10(11)16/h9-11H,2-8H2,1H3,(H2,15,19). The fraction of sp³-hybridized carbons (Fsp3) is 0.857. The van der Waals surface area contributed by atoms with Gasteiger partial charge in [0.25, 0.3) is 0 Å². The summed E-state index contributed by atoms with van der Waals surface area (Å²) in [6.45, 7) is 3.50. The highest BCUT2D eigenvalue weighted by atomic mass is 32.1. The van der Waals surface area contributed by atoms with Crippen LogP contribution < -0.4 is 5.73 Å². The molecule has 0 aromatic rings. The number of nitrogens with two attached hydrogens (primary N) is 1. The van der Waals surface area contributed by atoms with Crippen LogP contribution in [0, 0.1) is 11.3 Å². The molecule has 5 heteroatoms. The van der Waals surface area contributed by atoms with Crippen molar-refractivity contribution in [3.63, 3.8) is 0 Å². The highest BCUT2D eigenvalue weighted by Gasteiger charge is 2.54. The van der Waals surface area contributed by atoms with Crippen molar-refractivity contribution in [1.29, 1.82) is 0 Å². The highest BCUT2D eigenvalue weighted by molar-refractivity contribution is 7.80. The number of carbonyl (C=O) groups is 1. The van der Waals surface area contributed by atoms with Crippen LogP contribution in [0.4, 0.5) is 0 Å². The number of fused-ring (bicyclic) bond motifs is 1. The van der Waals surface area contributed by atoms with Gasteiger partial charge in [-0.25, -0.2) is 0 Å². The van der Waals surface area contributed by atoms with Crippen LogP contribution in [-0.4, -0.2) is 41.1 Å². The summed E-state index contributed by atoms with van der Waals surface area (Å²) < 4.78 is 5.77. The van der Waals surface area contributed by atoms with E-state index in [1.807, 2.05) is 4.90 Å². The van der Waals surface area contributed by atoms with Gasteiger partial charge in [-0.1, -0.05) is 19.1 Å². The predicted molar refractivity (Wildman–Crippen MR) is 76.7 cm³/mol. The molecule has 0 bridgehead atoms. The van der Waals surface area contributed by atoms with E-state index in [9.17, 15) is 4.79 Å². The van der Waals surface area contributed by atoms with Crippen molar-refractivity contribution in [1.82, 2.24) is 4.90 Å². The molecule has 1 aliphatic heterocycles. The zero-order valence-corrected chi connectivity index (χ0v) is 12.2. The van der Waals surface area contributed by atoms with Gasteiger partial charge in [0.05, 0.1) is 29.2 Å². The van der Waals surface area contributed by atoms with Gasteiger partial charge < -0.3 is 15.4 Å². The lowest BCUT2D eigenvalue weighted by Gasteiger charge is -2.49. The quantitative estimate of drug-likeness (QED) is 0.779. The average molecular weight is 282 g/mol. The summed E-state index contributed by atoms with van der Waals surface area (Å²) in [5.74, 6) is 0.712. The molecule has 3 aliphatic rings. The number of ether oxygens (including phenoxy) is 1. The van der Waals surface area contributed by atoms with Gasteiger partial charge in [-0.2, -0.15) is 0 Å². The number of nitrogens with zero attached hydrogens (tertiary/aromatic N) is 1. The summed E-state index contributed by atoms with van der Waals surface area (Å²) in [4.78, 5) is 15.3. The lowest BCUT2D eigenvalue weighted by atomic mass is 9.61. The van der Waals surface area contributed by atoms with E-state index in [0.717, 1.165) is 32.1 Å². The van der Waals surface area contributed by atoms with Gasteiger partial charge in [0.2, 0.25) is 5.91 Å². The maximum atomic E-state index is 12.9. The Kier molecular flexibility index (Phi) is 3.29. The van der Waals surface area contributed by atoms with Crippen molar-refractivity contribution in [2.45, 2.75) is 51.2 Å². The van der Waals surface area contributed by atoms with Crippen LogP contribution in [0.15, 0.2) is 0 Å². The maximum Gasteiger partial charge on any atom is 0.236 e. The molecular formula is C14H22N2O2S. The summed E-state index contributed by atoms with van der Waals surface area (Å²) in [6, 6.07) is 0.253. The lowest BCUT2D eigenvalue weighted by Crippen LogP contribution is -2.62. The molecular weight excluding hydrogens is 260 g/mol. The SMILES string of the molecule is CC1CC(C(=O)N2CCOC3CCCC32)(C(N)=S)C1. The van der Waals surface area contributed by atoms with E-state index in [-0.39, 0.29) is 18.1 Å². The maximum absolute atomic E-state index is 12.9. The molecule has 106 valence electrons. The van der Waals surface area contributed by atoms with Gasteiger partial charge in [0, 0.05) is 6.54 Å². The molecule has 0 aromatic carbocycles. The van der Waals surface area contributed by atoms with Gasteiger partial charge in [-0.3, -0.25) is 4.79 Å². The fourth-order valence-corrected chi connectivity index (χ4v) is 4.32. The van der Waals surface area contributed by atoms with Gasteiger partial charge >= 0.3 is 0 Å². The zero-order valence-electron chi connectivity index (χ0n) is 11.4. The summed E-state index contributed by atoms with van der Waals surface area (Å²) >= 11 is 5.20. The van der Waals surface area contributed by atoms with Gasteiger partial charge in [0.1, 0.15) is 0 Å². The third-order valence-corrected chi connectivity index (χ3v) is 5.41. The Bertz CT molecular complexity index is 406. The average Bonchev–Trinajstić information content (AvgIpc) is 2.81. The first-order valence-electron chi connectivity index (χ1n) is 7.27. The Balaban J connectivity index is 1.80. The number of morpholine rings is 1. The number of hydrogen-bond donors (Lipinski definition) is 1. The minimum Gasteiger partial charge on any atom is -0.392 e. The highest BCUT2D eigenvalue weighted by Crippen LogP contribution is 2.48. The molecule has 2 unspecified atom stereocenters. The van der Waals surface area contributed by atoms with Crippen molar-refractivity contribution < 1.29 is 9.53 Å². The molecule has 1 heterocycles. The Morgan fingerprint density at radius 2 is 2.16 bits per heavy atom. The Hall–Kier alpha value is -0.680. The lowest BCUT2D eigenvalue weighted by molar-refractivity contribution is -0.156. The van der Waals surface area contributed by atoms with Gasteiger partial charge in [-0.05, 0) is 38.0 Å². The fourth-order valence-electron chi connectivity index (χ4n) is 4.06. The number of carbonyl (C=O) groups excluding carboxylic acids is 1. The van der Waals surface area contributed by atoms with Gasteiger partial charge in [-0.15, -0.1) is 0 Å². The third kappa shape index (κ3) is 1.98. The third-order valence-electron chi connectivity index (χ3n) is 5.02. The van der Waals surface area contributed by atoms with E-state index < -0.39 is 5.41 Å². The first kappa shape index (κ1) is 13.3. The normalized spacial score (nSPS) is 41.5. The van der Waals surface area contributed by atoms with Crippen LogP contribution in [0.25, 0.3) is 0 Å². The molecule has 19 heavy (non-hydrogen) atoms. The van der Waals surface area contributed by atoms with Crippen molar-refractivity contribution in [3.05, 3.63) is 0 Å². The van der Waals surface area contributed by atoms with Crippen molar-refractivity contribution >= 4 is 23.1 Å². The van der Waals surface area contributed by atoms with E-state index >= 15 is 0 Å². The van der Waals surface area contributed by atoms with Crippen LogP contribution in [0.1, 0.15) is 39.0 Å². The second kappa shape index (κ2) is 4.70. The predicted octanol–water partition coefficient (Wildman–Crippen LogP) is 1.47. The molecule has 1 saturated heterocycles. The summed E-state index contributed by atoms with van der Waals surface area (Å²) in [6.07, 6.45) is 5.14. The second-order valence-corrected chi connectivity index (χ2v) is 6.81. The van der Waals surface area contributed by atoms with Crippen LogP contribution in [0.2, 0.25) is 0 Å². The Labute approximate surface area is 119 Å². The Morgan fingerprint density at radius 1 is 1.42 bits per heavy atom. The smallest absolute Gasteiger partial charge is 0.236 e. The summed E-state index contributed by atoms with van der Waals surface area (Å²) in [5, 5.41) is 0.